The van der Waals surface area contributed by atoms with Gasteiger partial charge in [0.15, 0.2) is 0 Å². The molecule has 2 aromatic rings. The maximum Gasteiger partial charge on any atom is 0.322 e. The van der Waals surface area contributed by atoms with Gasteiger partial charge in [-0.25, -0.2) is 4.98 Å². The number of rotatable bonds is 3. The van der Waals surface area contributed by atoms with Crippen molar-refractivity contribution in [3.63, 3.8) is 0 Å². The molecule has 1 aromatic heterocycles. The van der Waals surface area contributed by atoms with Crippen molar-refractivity contribution in [2.45, 2.75) is 36.9 Å². The fourth-order valence-electron chi connectivity index (χ4n) is 2.51. The number of carboxylic acid groups (broad SMARTS) is 1. The highest BCUT2D eigenvalue weighted by Crippen LogP contribution is 2.47. The zero-order chi connectivity index (χ0) is 15.9. The third kappa shape index (κ3) is 2.91. The molecule has 116 valence electrons. The monoisotopic (exact) mass is 334 g/mol. The van der Waals surface area contributed by atoms with Crippen LogP contribution in [0.15, 0.2) is 30.5 Å². The van der Waals surface area contributed by atoms with E-state index in [9.17, 15) is 9.90 Å². The summed E-state index contributed by atoms with van der Waals surface area (Å²) in [5.74, 6) is -0.810. The van der Waals surface area contributed by atoms with Crippen molar-refractivity contribution in [1.29, 1.82) is 0 Å². The minimum Gasteiger partial charge on any atom is -0.480 e. The van der Waals surface area contributed by atoms with E-state index in [2.05, 4.69) is 41.5 Å². The van der Waals surface area contributed by atoms with Gasteiger partial charge in [0.2, 0.25) is 0 Å². The summed E-state index contributed by atoms with van der Waals surface area (Å²) in [6.07, 6.45) is 1.87. The van der Waals surface area contributed by atoms with Gasteiger partial charge in [-0.3, -0.25) is 10.1 Å². The Morgan fingerprint density at radius 3 is 2.59 bits per heavy atom. The molecule has 1 aromatic carbocycles. The second-order valence-corrected chi connectivity index (χ2v) is 8.79. The number of hydrogen-bond donors (Lipinski definition) is 2. The molecule has 0 amide bonds. The molecule has 1 saturated heterocycles. The van der Waals surface area contributed by atoms with E-state index >= 15 is 0 Å². The lowest BCUT2D eigenvalue weighted by atomic mass is 10.0. The molecule has 0 radical (unpaired) electrons. The van der Waals surface area contributed by atoms with Gasteiger partial charge in [0, 0.05) is 10.9 Å². The van der Waals surface area contributed by atoms with Crippen LogP contribution in [0.4, 0.5) is 0 Å². The Balaban J connectivity index is 1.83. The van der Waals surface area contributed by atoms with Crippen LogP contribution < -0.4 is 5.32 Å². The quantitative estimate of drug-likeness (QED) is 0.896. The summed E-state index contributed by atoms with van der Waals surface area (Å²) in [7, 11) is 0. The molecule has 6 heteroatoms. The van der Waals surface area contributed by atoms with Crippen LogP contribution in [0.2, 0.25) is 0 Å². The Hall–Kier alpha value is -1.37. The zero-order valence-electron chi connectivity index (χ0n) is 12.7. The molecule has 2 heterocycles. The third-order valence-corrected chi connectivity index (χ3v) is 6.46. The van der Waals surface area contributed by atoms with E-state index < -0.39 is 12.0 Å². The standard InChI is InChI=1S/C16H18N2O2S2/c1-9-4-6-10(7-5-9)11-8-17-13(21-11)14-18-12(15(19)20)16(2,3)22-14/h4-8,12,14,18H,1-3H3,(H,19,20). The normalized spacial score (nSPS) is 23.6. The number of nitrogens with one attached hydrogen (secondary N) is 1. The average molecular weight is 334 g/mol. The van der Waals surface area contributed by atoms with Crippen LogP contribution in [0.25, 0.3) is 10.4 Å². The van der Waals surface area contributed by atoms with Crippen molar-refractivity contribution in [2.75, 3.05) is 0 Å². The van der Waals surface area contributed by atoms with Gasteiger partial charge >= 0.3 is 5.97 Å². The molecule has 4 nitrogen and oxygen atoms in total. The zero-order valence-corrected chi connectivity index (χ0v) is 14.3. The lowest BCUT2D eigenvalue weighted by molar-refractivity contribution is -0.139. The van der Waals surface area contributed by atoms with Crippen LogP contribution in [0.1, 0.15) is 29.8 Å². The highest BCUT2D eigenvalue weighted by Gasteiger charge is 2.46. The topological polar surface area (TPSA) is 62.2 Å². The summed E-state index contributed by atoms with van der Waals surface area (Å²) < 4.78 is -0.355. The first-order chi connectivity index (χ1) is 10.4. The molecule has 1 aliphatic heterocycles. The van der Waals surface area contributed by atoms with Crippen LogP contribution in [0.3, 0.4) is 0 Å². The van der Waals surface area contributed by atoms with Crippen LogP contribution >= 0.6 is 23.1 Å². The van der Waals surface area contributed by atoms with Gasteiger partial charge in [0.1, 0.15) is 16.4 Å². The van der Waals surface area contributed by atoms with Gasteiger partial charge in [-0.2, -0.15) is 0 Å². The van der Waals surface area contributed by atoms with Crippen molar-refractivity contribution in [3.05, 3.63) is 41.0 Å². The van der Waals surface area contributed by atoms with E-state index in [1.807, 2.05) is 20.0 Å². The Labute approximate surface area is 138 Å². The Kier molecular flexibility index (Phi) is 4.01. The summed E-state index contributed by atoms with van der Waals surface area (Å²) in [5.41, 5.74) is 2.37. The van der Waals surface area contributed by atoms with Gasteiger partial charge < -0.3 is 5.11 Å². The van der Waals surface area contributed by atoms with Gasteiger partial charge in [0.25, 0.3) is 0 Å². The molecule has 0 saturated carbocycles. The number of aliphatic carboxylic acids is 1. The smallest absolute Gasteiger partial charge is 0.322 e. The van der Waals surface area contributed by atoms with Crippen molar-refractivity contribution in [1.82, 2.24) is 10.3 Å². The number of aromatic nitrogens is 1. The Bertz CT molecular complexity index is 694. The number of carbonyl (C=O) groups is 1. The van der Waals surface area contributed by atoms with Gasteiger partial charge in [-0.1, -0.05) is 29.8 Å². The minimum absolute atomic E-state index is 0.0692. The van der Waals surface area contributed by atoms with E-state index in [0.29, 0.717) is 0 Å². The van der Waals surface area contributed by atoms with E-state index in [1.54, 1.807) is 23.1 Å². The summed E-state index contributed by atoms with van der Waals surface area (Å²) in [5, 5.41) is 13.4. The number of aryl methyl sites for hydroxylation is 1. The number of thioether (sulfide) groups is 1. The maximum absolute atomic E-state index is 11.4. The SMILES string of the molecule is Cc1ccc(-c2cnc(C3NC(C(=O)O)C(C)(C)S3)s2)cc1. The number of thiazole rings is 1. The predicted octanol–water partition coefficient (Wildman–Crippen LogP) is 3.69. The lowest BCUT2D eigenvalue weighted by Crippen LogP contribution is -2.43. The molecule has 0 spiro atoms. The lowest BCUT2D eigenvalue weighted by Gasteiger charge is -2.20. The fraction of sp³-hybridized carbons (Fsp3) is 0.375. The van der Waals surface area contributed by atoms with Crippen molar-refractivity contribution in [2.24, 2.45) is 0 Å². The Morgan fingerprint density at radius 2 is 2.00 bits per heavy atom. The molecule has 2 unspecified atom stereocenters. The molecule has 0 bridgehead atoms. The number of benzene rings is 1. The highest BCUT2D eigenvalue weighted by molar-refractivity contribution is 8.01. The second kappa shape index (κ2) is 5.68. The summed E-state index contributed by atoms with van der Waals surface area (Å²) >= 11 is 3.24. The fourth-order valence-corrected chi connectivity index (χ4v) is 4.94. The number of hydrogen-bond acceptors (Lipinski definition) is 5. The van der Waals surface area contributed by atoms with E-state index in [-0.39, 0.29) is 10.1 Å². The van der Waals surface area contributed by atoms with Crippen LogP contribution in [0.5, 0.6) is 0 Å². The third-order valence-electron chi connectivity index (χ3n) is 3.77. The number of nitrogens with zero attached hydrogens (tertiary/aromatic N) is 1. The van der Waals surface area contributed by atoms with Crippen molar-refractivity contribution in [3.8, 4) is 10.4 Å². The van der Waals surface area contributed by atoms with Crippen LogP contribution in [-0.4, -0.2) is 26.8 Å². The van der Waals surface area contributed by atoms with E-state index in [0.717, 1.165) is 15.4 Å². The first-order valence-corrected chi connectivity index (χ1v) is 8.76. The maximum atomic E-state index is 11.4. The molecular weight excluding hydrogens is 316 g/mol. The molecule has 1 aliphatic rings. The summed E-state index contributed by atoms with van der Waals surface area (Å²) in [6.45, 7) is 5.98. The average Bonchev–Trinajstić information content (AvgIpc) is 3.03. The second-order valence-electron chi connectivity index (χ2n) is 5.97. The van der Waals surface area contributed by atoms with Crippen LogP contribution in [0, 0.1) is 6.92 Å². The molecular formula is C16H18N2O2S2. The van der Waals surface area contributed by atoms with E-state index in [4.69, 9.17) is 0 Å². The largest absolute Gasteiger partial charge is 0.480 e. The molecule has 0 aliphatic carbocycles. The first kappa shape index (κ1) is 15.5. The minimum atomic E-state index is -0.810. The van der Waals surface area contributed by atoms with Gasteiger partial charge in [-0.05, 0) is 26.3 Å². The molecule has 2 atom stereocenters. The summed E-state index contributed by atoms with van der Waals surface area (Å²) in [4.78, 5) is 17.0. The molecule has 3 rings (SSSR count). The Morgan fingerprint density at radius 1 is 1.32 bits per heavy atom. The first-order valence-electron chi connectivity index (χ1n) is 7.06. The van der Waals surface area contributed by atoms with Gasteiger partial charge in [-0.15, -0.1) is 23.1 Å². The van der Waals surface area contributed by atoms with Crippen molar-refractivity contribution >= 4 is 29.1 Å². The number of carboxylic acids is 1. The van der Waals surface area contributed by atoms with Crippen LogP contribution in [-0.2, 0) is 4.79 Å². The predicted molar refractivity (Wildman–Crippen MR) is 91.3 cm³/mol. The van der Waals surface area contributed by atoms with E-state index in [1.165, 1.54) is 5.56 Å². The molecule has 2 N–H and O–H groups in total. The highest BCUT2D eigenvalue weighted by atomic mass is 32.2. The van der Waals surface area contributed by atoms with Gasteiger partial charge in [0.05, 0.1) is 4.88 Å². The summed E-state index contributed by atoms with van der Waals surface area (Å²) in [6, 6.07) is 7.79. The van der Waals surface area contributed by atoms with Crippen molar-refractivity contribution < 1.29 is 9.90 Å². The molecule has 22 heavy (non-hydrogen) atoms. The molecule has 1 fully saturated rings.